The van der Waals surface area contributed by atoms with Crippen LogP contribution in [-0.4, -0.2) is 6.61 Å². The zero-order valence-electron chi connectivity index (χ0n) is 10.7. The van der Waals surface area contributed by atoms with E-state index in [1.54, 1.807) is 5.56 Å². The van der Waals surface area contributed by atoms with E-state index in [9.17, 15) is 0 Å². The Morgan fingerprint density at radius 3 is 2.44 bits per heavy atom. The number of hydrogen-bond acceptors (Lipinski definition) is 1. The van der Waals surface area contributed by atoms with Gasteiger partial charge in [-0.15, -0.1) is 0 Å². The highest BCUT2D eigenvalue weighted by molar-refractivity contribution is 7.42. The van der Waals surface area contributed by atoms with Gasteiger partial charge in [-0.3, -0.25) is 0 Å². The topological polar surface area (TPSA) is 9.23 Å². The maximum Gasteiger partial charge on any atom is 0.0481 e. The van der Waals surface area contributed by atoms with Gasteiger partial charge in [0.05, 0.1) is 0 Å². The predicted molar refractivity (Wildman–Crippen MR) is 74.0 cm³/mol. The third-order valence-electron chi connectivity index (χ3n) is 2.62. The molecule has 0 fully saturated rings. The standard InChI is InChI=1S/C14H23OP/c1-4-8-12-10-7-11-14(16-15-6-3)13(12)9-5-2/h7,10-11,16H,4-6,8-9H2,1-3H3. The number of benzene rings is 1. The minimum Gasteiger partial charge on any atom is -0.358 e. The van der Waals surface area contributed by atoms with Crippen LogP contribution in [0.5, 0.6) is 0 Å². The third-order valence-corrected chi connectivity index (χ3v) is 3.74. The van der Waals surface area contributed by atoms with Crippen LogP contribution < -0.4 is 5.30 Å². The Morgan fingerprint density at radius 1 is 1.06 bits per heavy atom. The summed E-state index contributed by atoms with van der Waals surface area (Å²) >= 11 is 0. The van der Waals surface area contributed by atoms with Crippen molar-refractivity contribution in [1.82, 2.24) is 0 Å². The Balaban J connectivity index is 2.90. The molecule has 0 bridgehead atoms. The molecule has 1 aromatic rings. The van der Waals surface area contributed by atoms with Crippen LogP contribution in [0.4, 0.5) is 0 Å². The first kappa shape index (κ1) is 13.7. The van der Waals surface area contributed by atoms with Crippen molar-refractivity contribution < 1.29 is 4.52 Å². The number of rotatable bonds is 7. The van der Waals surface area contributed by atoms with E-state index < -0.39 is 0 Å². The molecule has 16 heavy (non-hydrogen) atoms. The molecule has 0 N–H and O–H groups in total. The SMILES string of the molecule is CCCc1cccc(POCC)c1CCC. The molecule has 0 spiro atoms. The normalized spacial score (nSPS) is 11.4. The molecule has 1 unspecified atom stereocenters. The monoisotopic (exact) mass is 238 g/mol. The first-order chi connectivity index (χ1) is 7.83. The van der Waals surface area contributed by atoms with Gasteiger partial charge in [0.25, 0.3) is 0 Å². The van der Waals surface area contributed by atoms with Gasteiger partial charge in [0.2, 0.25) is 0 Å². The summed E-state index contributed by atoms with van der Waals surface area (Å²) in [6.45, 7) is 7.36. The maximum absolute atomic E-state index is 5.57. The van der Waals surface area contributed by atoms with Crippen molar-refractivity contribution in [2.24, 2.45) is 0 Å². The van der Waals surface area contributed by atoms with E-state index in [1.165, 1.54) is 36.6 Å². The van der Waals surface area contributed by atoms with Gasteiger partial charge < -0.3 is 4.52 Å². The van der Waals surface area contributed by atoms with E-state index in [0.717, 1.165) is 6.61 Å². The van der Waals surface area contributed by atoms with Crippen LogP contribution in [0.2, 0.25) is 0 Å². The Bertz CT molecular complexity index is 310. The van der Waals surface area contributed by atoms with E-state index in [4.69, 9.17) is 4.52 Å². The lowest BCUT2D eigenvalue weighted by molar-refractivity contribution is 0.394. The summed E-state index contributed by atoms with van der Waals surface area (Å²) in [5.74, 6) is 0. The van der Waals surface area contributed by atoms with Crippen molar-refractivity contribution in [3.63, 3.8) is 0 Å². The lowest BCUT2D eigenvalue weighted by Crippen LogP contribution is -2.09. The largest absolute Gasteiger partial charge is 0.358 e. The molecule has 0 heterocycles. The van der Waals surface area contributed by atoms with E-state index in [0.29, 0.717) is 8.81 Å². The van der Waals surface area contributed by atoms with Gasteiger partial charge in [-0.05, 0) is 30.9 Å². The average molecular weight is 238 g/mol. The molecule has 0 saturated heterocycles. The van der Waals surface area contributed by atoms with Gasteiger partial charge in [-0.25, -0.2) is 0 Å². The van der Waals surface area contributed by atoms with Crippen molar-refractivity contribution in [2.75, 3.05) is 6.61 Å². The van der Waals surface area contributed by atoms with Crippen molar-refractivity contribution in [3.05, 3.63) is 29.3 Å². The van der Waals surface area contributed by atoms with E-state index >= 15 is 0 Å². The third kappa shape index (κ3) is 3.88. The molecule has 90 valence electrons. The summed E-state index contributed by atoms with van der Waals surface area (Å²) in [4.78, 5) is 0. The van der Waals surface area contributed by atoms with Crippen molar-refractivity contribution in [2.45, 2.75) is 46.5 Å². The Labute approximate surface area is 101 Å². The summed E-state index contributed by atoms with van der Waals surface area (Å²) in [5, 5.41) is 1.41. The lowest BCUT2D eigenvalue weighted by Gasteiger charge is -2.13. The van der Waals surface area contributed by atoms with E-state index in [-0.39, 0.29) is 0 Å². The first-order valence-corrected chi connectivity index (χ1v) is 7.22. The fraction of sp³-hybridized carbons (Fsp3) is 0.571. The second kappa shape index (κ2) is 7.81. The zero-order chi connectivity index (χ0) is 11.8. The minimum atomic E-state index is 0.514. The van der Waals surface area contributed by atoms with E-state index in [2.05, 4.69) is 39.0 Å². The molecule has 0 saturated carbocycles. The van der Waals surface area contributed by atoms with Gasteiger partial charge in [0, 0.05) is 20.7 Å². The number of hydrogen-bond donors (Lipinski definition) is 0. The van der Waals surface area contributed by atoms with Crippen LogP contribution in [0.3, 0.4) is 0 Å². The molecular weight excluding hydrogens is 215 g/mol. The van der Waals surface area contributed by atoms with Crippen LogP contribution in [0.25, 0.3) is 0 Å². The molecule has 1 atom stereocenters. The molecule has 1 nitrogen and oxygen atoms in total. The van der Waals surface area contributed by atoms with E-state index in [1.807, 2.05) is 0 Å². The van der Waals surface area contributed by atoms with Crippen molar-refractivity contribution in [1.29, 1.82) is 0 Å². The quantitative estimate of drug-likeness (QED) is 0.656. The van der Waals surface area contributed by atoms with Crippen LogP contribution in [0.1, 0.15) is 44.7 Å². The van der Waals surface area contributed by atoms with Gasteiger partial charge in [0.15, 0.2) is 0 Å². The molecular formula is C14H23OP. The molecule has 2 heteroatoms. The smallest absolute Gasteiger partial charge is 0.0481 e. The van der Waals surface area contributed by atoms with Crippen LogP contribution >= 0.6 is 8.81 Å². The lowest BCUT2D eigenvalue weighted by atomic mass is 10.00. The molecule has 0 radical (unpaired) electrons. The fourth-order valence-corrected chi connectivity index (χ4v) is 2.80. The number of aryl methyl sites for hydroxylation is 1. The van der Waals surface area contributed by atoms with Crippen LogP contribution in [0.15, 0.2) is 18.2 Å². The van der Waals surface area contributed by atoms with Gasteiger partial charge in [-0.2, -0.15) is 0 Å². The summed E-state index contributed by atoms with van der Waals surface area (Å²) in [7, 11) is 0.514. The summed E-state index contributed by atoms with van der Waals surface area (Å²) in [5.41, 5.74) is 3.06. The van der Waals surface area contributed by atoms with Crippen molar-refractivity contribution >= 4 is 14.1 Å². The highest BCUT2D eigenvalue weighted by Gasteiger charge is 2.07. The maximum atomic E-state index is 5.57. The fourth-order valence-electron chi connectivity index (χ4n) is 1.93. The van der Waals surface area contributed by atoms with Crippen LogP contribution in [0, 0.1) is 0 Å². The Kier molecular flexibility index (Phi) is 6.68. The van der Waals surface area contributed by atoms with Gasteiger partial charge in [0.1, 0.15) is 0 Å². The first-order valence-electron chi connectivity index (χ1n) is 6.32. The summed E-state index contributed by atoms with van der Waals surface area (Å²) in [6.07, 6.45) is 4.81. The molecule has 0 aliphatic heterocycles. The highest BCUT2D eigenvalue weighted by Crippen LogP contribution is 2.20. The molecule has 0 aliphatic rings. The van der Waals surface area contributed by atoms with Crippen molar-refractivity contribution in [3.8, 4) is 0 Å². The highest BCUT2D eigenvalue weighted by atomic mass is 31.1. The minimum absolute atomic E-state index is 0.514. The molecule has 0 amide bonds. The molecule has 0 aromatic heterocycles. The second-order valence-corrected chi connectivity index (χ2v) is 5.01. The molecule has 1 aromatic carbocycles. The summed E-state index contributed by atoms with van der Waals surface area (Å²) in [6, 6.07) is 6.66. The van der Waals surface area contributed by atoms with Gasteiger partial charge >= 0.3 is 0 Å². The predicted octanol–water partition coefficient (Wildman–Crippen LogP) is 3.85. The zero-order valence-corrected chi connectivity index (χ0v) is 11.7. The Hall–Kier alpha value is -0.390. The molecule has 0 aliphatic carbocycles. The Morgan fingerprint density at radius 2 is 1.81 bits per heavy atom. The van der Waals surface area contributed by atoms with Crippen LogP contribution in [-0.2, 0) is 17.4 Å². The molecule has 1 rings (SSSR count). The average Bonchev–Trinajstić information content (AvgIpc) is 2.30. The summed E-state index contributed by atoms with van der Waals surface area (Å²) < 4.78 is 5.57. The second-order valence-electron chi connectivity index (χ2n) is 3.98. The van der Waals surface area contributed by atoms with Gasteiger partial charge in [-0.1, -0.05) is 44.9 Å².